The van der Waals surface area contributed by atoms with Crippen LogP contribution in [0, 0.1) is 0 Å². The molecule has 0 radical (unpaired) electrons. The number of ether oxygens (including phenoxy) is 1. The zero-order valence-electron chi connectivity index (χ0n) is 55.5. The van der Waals surface area contributed by atoms with Crippen molar-refractivity contribution in [3.8, 4) is 0 Å². The second-order valence-corrected chi connectivity index (χ2v) is 25.4. The quantitative estimate of drug-likeness (QED) is 0.0212. The molecule has 85 heavy (non-hydrogen) atoms. The molecule has 0 aliphatic carbocycles. The minimum Gasteiger partial charge on any atom is -0.756 e. The summed E-state index contributed by atoms with van der Waals surface area (Å²) in [6.07, 6.45) is 90.2. The van der Waals surface area contributed by atoms with Gasteiger partial charge in [0.15, 0.2) is 0 Å². The van der Waals surface area contributed by atoms with E-state index in [0.29, 0.717) is 23.9 Å². The highest BCUT2D eigenvalue weighted by Gasteiger charge is 2.27. The van der Waals surface area contributed by atoms with E-state index in [1.807, 2.05) is 45.4 Å². The van der Waals surface area contributed by atoms with Crippen molar-refractivity contribution in [2.24, 2.45) is 0 Å². The molecule has 9 nitrogen and oxygen atoms in total. The summed E-state index contributed by atoms with van der Waals surface area (Å²) in [4.78, 5) is 40.1. The van der Waals surface area contributed by atoms with Gasteiger partial charge >= 0.3 is 5.97 Å². The number of amides is 1. The molecule has 0 aromatic heterocycles. The van der Waals surface area contributed by atoms with E-state index in [0.717, 1.165) is 103 Å². The predicted octanol–water partition coefficient (Wildman–Crippen LogP) is 21.4. The zero-order chi connectivity index (χ0) is 62.1. The summed E-state index contributed by atoms with van der Waals surface area (Å²) < 4.78 is 30.4. The van der Waals surface area contributed by atoms with Gasteiger partial charge in [0.2, 0.25) is 5.91 Å². The maximum atomic E-state index is 13.5. The average Bonchev–Trinajstić information content (AvgIpc) is 3.50. The van der Waals surface area contributed by atoms with Crippen LogP contribution in [0.15, 0.2) is 134 Å². The summed E-state index contributed by atoms with van der Waals surface area (Å²) in [6.45, 7) is 6.64. The van der Waals surface area contributed by atoms with Gasteiger partial charge < -0.3 is 28.5 Å². The van der Waals surface area contributed by atoms with E-state index < -0.39 is 26.6 Å². The molecule has 0 aliphatic rings. The van der Waals surface area contributed by atoms with Gasteiger partial charge in [-0.15, -0.1) is 0 Å². The highest BCUT2D eigenvalue weighted by Crippen LogP contribution is 2.38. The molecule has 1 N–H and O–H groups in total. The zero-order valence-corrected chi connectivity index (χ0v) is 56.4. The van der Waals surface area contributed by atoms with Crippen LogP contribution < -0.4 is 10.2 Å². The first-order valence-electron chi connectivity index (χ1n) is 34.5. The third-order valence-corrected chi connectivity index (χ3v) is 15.5. The summed E-state index contributed by atoms with van der Waals surface area (Å²) in [5.74, 6) is -0.647. The fourth-order valence-corrected chi connectivity index (χ4v) is 10.0. The van der Waals surface area contributed by atoms with E-state index in [1.165, 1.54) is 128 Å². The lowest BCUT2D eigenvalue weighted by Crippen LogP contribution is -2.47. The van der Waals surface area contributed by atoms with Crippen molar-refractivity contribution in [2.75, 3.05) is 40.9 Å². The smallest absolute Gasteiger partial charge is 0.306 e. The molecule has 0 saturated heterocycles. The highest BCUT2D eigenvalue weighted by atomic mass is 31.2. The minimum absolute atomic E-state index is 0.0428. The van der Waals surface area contributed by atoms with Crippen LogP contribution in [0.2, 0.25) is 0 Å². The molecule has 1 amide bonds. The molecule has 0 heterocycles. The number of carbonyl (C=O) groups excluding carboxylic acids is 2. The number of hydrogen-bond acceptors (Lipinski definition) is 7. The molecule has 0 bridgehead atoms. The fourth-order valence-electron chi connectivity index (χ4n) is 9.29. The number of quaternary nitrogens is 1. The van der Waals surface area contributed by atoms with Gasteiger partial charge in [-0.3, -0.25) is 14.2 Å². The maximum absolute atomic E-state index is 13.5. The second-order valence-electron chi connectivity index (χ2n) is 23.9. The Kier molecular flexibility index (Phi) is 60.3. The molecular formula is C75H129N2O7P. The fraction of sp³-hybridized carbons (Fsp3) is 0.680. The number of nitrogens with one attached hydrogen (secondary N) is 1. The molecule has 0 aliphatic heterocycles. The second kappa shape index (κ2) is 63.2. The molecule has 0 rings (SSSR count). The van der Waals surface area contributed by atoms with Crippen LogP contribution in [-0.4, -0.2) is 69.4 Å². The molecule has 0 spiro atoms. The van der Waals surface area contributed by atoms with Crippen LogP contribution in [0.4, 0.5) is 0 Å². The van der Waals surface area contributed by atoms with E-state index in [2.05, 4.69) is 135 Å². The molecule has 3 unspecified atom stereocenters. The number of phosphoric ester groups is 1. The SMILES string of the molecule is CC/C=C\C/C=C\C/C=C\C/C=C\C/C=C\C/C=C\CCC(=O)NC(COP(=O)([O-])OCC[N+](C)(C)C)C(/C=C\CCCCCCCCCCCCC)OC(=O)CCCCCCCCCCCCC/C=C\C/C=C\C/C=C\C/C=C\CCCCC. The van der Waals surface area contributed by atoms with Gasteiger partial charge in [-0.05, 0) is 115 Å². The molecule has 3 atom stereocenters. The number of esters is 1. The minimum atomic E-state index is -4.73. The van der Waals surface area contributed by atoms with Crippen molar-refractivity contribution in [2.45, 2.75) is 290 Å². The van der Waals surface area contributed by atoms with Gasteiger partial charge in [-0.1, -0.05) is 283 Å². The van der Waals surface area contributed by atoms with E-state index in [-0.39, 0.29) is 31.3 Å². The Morgan fingerprint density at radius 3 is 1.18 bits per heavy atom. The summed E-state index contributed by atoms with van der Waals surface area (Å²) >= 11 is 0. The lowest BCUT2D eigenvalue weighted by molar-refractivity contribution is -0.870. The van der Waals surface area contributed by atoms with E-state index in [4.69, 9.17) is 13.8 Å². The standard InChI is InChI=1S/C75H129N2O7P/c1-7-10-13-16-19-22-25-28-30-32-34-35-36-37-38-39-40-41-43-45-47-50-53-56-59-62-65-68-75(79)84-73(66-63-60-57-54-51-48-27-24-21-18-15-12-9-3)72(71-83-85(80,81)82-70-69-77(4,5)6)76-74(78)67-64-61-58-55-52-49-46-44-42-33-31-29-26-23-20-17-14-11-8-2/h11,14,19-20,22-23,28-31,34-35,37-38,42,44,49,52,58,61,63,66,72-73H,7-10,12-13,15-18,21,24-27,32-33,36,39-41,43,45-48,50-51,53-57,59-60,62,64-65,67-71H2,1-6H3,(H-,76,78,80,81)/b14-11-,22-19-,23-20-,30-28-,31-29-,35-34-,38-37-,44-42-,52-49-,61-58-,66-63-. The maximum Gasteiger partial charge on any atom is 0.306 e. The van der Waals surface area contributed by atoms with Gasteiger partial charge in [0.25, 0.3) is 7.82 Å². The van der Waals surface area contributed by atoms with E-state index in [9.17, 15) is 19.0 Å². The van der Waals surface area contributed by atoms with Crippen LogP contribution in [0.1, 0.15) is 278 Å². The highest BCUT2D eigenvalue weighted by molar-refractivity contribution is 7.45. The van der Waals surface area contributed by atoms with Gasteiger partial charge in [-0.2, -0.15) is 0 Å². The summed E-state index contributed by atoms with van der Waals surface area (Å²) in [6, 6.07) is -0.940. The van der Waals surface area contributed by atoms with Crippen LogP contribution in [-0.2, 0) is 27.9 Å². The van der Waals surface area contributed by atoms with Crippen molar-refractivity contribution in [3.63, 3.8) is 0 Å². The number of rotatable bonds is 61. The van der Waals surface area contributed by atoms with Crippen LogP contribution in [0.5, 0.6) is 0 Å². The van der Waals surface area contributed by atoms with Crippen molar-refractivity contribution >= 4 is 19.7 Å². The van der Waals surface area contributed by atoms with Crippen molar-refractivity contribution in [1.29, 1.82) is 0 Å². The topological polar surface area (TPSA) is 114 Å². The number of likely N-dealkylation sites (N-methyl/N-ethyl adjacent to an activating group) is 1. The number of nitrogens with zero attached hydrogens (tertiary/aromatic N) is 1. The Labute approximate surface area is 524 Å². The first kappa shape index (κ1) is 81.2. The Morgan fingerprint density at radius 1 is 0.424 bits per heavy atom. The molecule has 0 saturated carbocycles. The Balaban J connectivity index is 5.22. The number of carbonyl (C=O) groups is 2. The summed E-state index contributed by atoms with van der Waals surface area (Å²) in [5, 5.41) is 2.98. The Hall–Kier alpha value is -3.85. The van der Waals surface area contributed by atoms with Crippen molar-refractivity contribution in [3.05, 3.63) is 134 Å². The number of hydrogen-bond donors (Lipinski definition) is 1. The van der Waals surface area contributed by atoms with Crippen LogP contribution in [0.3, 0.4) is 0 Å². The first-order chi connectivity index (χ1) is 41.4. The molecule has 0 aromatic rings. The normalized spacial score (nSPS) is 14.4. The Morgan fingerprint density at radius 2 is 0.765 bits per heavy atom. The molecule has 0 aromatic carbocycles. The average molecular weight is 1200 g/mol. The van der Waals surface area contributed by atoms with Gasteiger partial charge in [-0.25, -0.2) is 0 Å². The predicted molar refractivity (Wildman–Crippen MR) is 366 cm³/mol. The lowest BCUT2D eigenvalue weighted by atomic mass is 10.0. The van der Waals surface area contributed by atoms with Gasteiger partial charge in [0.1, 0.15) is 19.3 Å². The Bertz CT molecular complexity index is 1920. The number of phosphoric acid groups is 1. The monoisotopic (exact) mass is 1200 g/mol. The van der Waals surface area contributed by atoms with E-state index >= 15 is 0 Å². The first-order valence-corrected chi connectivity index (χ1v) is 36.0. The number of allylic oxidation sites excluding steroid dienone is 21. The summed E-state index contributed by atoms with van der Waals surface area (Å²) in [7, 11) is 1.12. The van der Waals surface area contributed by atoms with Crippen molar-refractivity contribution < 1.29 is 37.3 Å². The van der Waals surface area contributed by atoms with Crippen LogP contribution in [0.25, 0.3) is 0 Å². The largest absolute Gasteiger partial charge is 0.756 e. The third kappa shape index (κ3) is 64.5. The van der Waals surface area contributed by atoms with E-state index in [1.54, 1.807) is 0 Å². The number of unbranched alkanes of at least 4 members (excludes halogenated alkanes) is 25. The molecule has 0 fully saturated rings. The molecule has 486 valence electrons. The molecule has 10 heteroatoms. The van der Waals surface area contributed by atoms with Crippen molar-refractivity contribution in [1.82, 2.24) is 5.32 Å². The van der Waals surface area contributed by atoms with Crippen LogP contribution >= 0.6 is 7.82 Å². The summed E-state index contributed by atoms with van der Waals surface area (Å²) in [5.41, 5.74) is 0. The molecular weight excluding hydrogens is 1070 g/mol. The van der Waals surface area contributed by atoms with Gasteiger partial charge in [0, 0.05) is 12.8 Å². The van der Waals surface area contributed by atoms with Gasteiger partial charge in [0.05, 0.1) is 33.8 Å². The third-order valence-electron chi connectivity index (χ3n) is 14.6. The lowest BCUT2D eigenvalue weighted by Gasteiger charge is -2.30.